The average molecular weight is 542 g/mol. The number of fused-ring (bicyclic) bond motifs is 4. The molecule has 0 aliphatic heterocycles. The minimum absolute atomic E-state index is 0.712. The van der Waals surface area contributed by atoms with Crippen LogP contribution in [0, 0.1) is 0 Å². The number of benzene rings is 5. The molecule has 3 aromatic heterocycles. The molecule has 0 aliphatic rings. The molecule has 0 bridgehead atoms. The molecular weight excluding hydrogens is 518 g/mol. The molecule has 3 heterocycles. The molecule has 0 radical (unpaired) electrons. The van der Waals surface area contributed by atoms with E-state index in [1.165, 1.54) is 15.8 Å². The lowest BCUT2D eigenvalue weighted by Crippen LogP contribution is -1.97. The maximum absolute atomic E-state index is 5.24. The summed E-state index contributed by atoms with van der Waals surface area (Å²) in [5.74, 6) is 0.712. The second-order valence-electron chi connectivity index (χ2n) is 10.1. The summed E-state index contributed by atoms with van der Waals surface area (Å²) in [5.41, 5.74) is 9.26. The average Bonchev–Trinajstić information content (AvgIpc) is 3.42. The van der Waals surface area contributed by atoms with E-state index in [0.29, 0.717) is 5.82 Å². The van der Waals surface area contributed by atoms with Gasteiger partial charge in [-0.3, -0.25) is 0 Å². The fourth-order valence-electron chi connectivity index (χ4n) is 5.49. The maximum Gasteiger partial charge on any atom is 0.162 e. The van der Waals surface area contributed by atoms with Crippen molar-refractivity contribution in [2.75, 3.05) is 0 Å². The van der Waals surface area contributed by atoms with E-state index < -0.39 is 0 Å². The first-order valence-electron chi connectivity index (χ1n) is 13.6. The predicted octanol–water partition coefficient (Wildman–Crippen LogP) is 10.1. The molecule has 192 valence electrons. The Morgan fingerprint density at radius 1 is 0.439 bits per heavy atom. The van der Waals surface area contributed by atoms with Crippen molar-refractivity contribution in [3.05, 3.63) is 140 Å². The number of hydrogen-bond acceptors (Lipinski definition) is 4. The van der Waals surface area contributed by atoms with Crippen molar-refractivity contribution >= 4 is 42.5 Å². The molecule has 0 spiro atoms. The molecular formula is C37H23N3S. The third-order valence-corrected chi connectivity index (χ3v) is 8.69. The lowest BCUT2D eigenvalue weighted by molar-refractivity contribution is 1.19. The highest BCUT2D eigenvalue weighted by Crippen LogP contribution is 2.42. The Morgan fingerprint density at radius 3 is 1.71 bits per heavy atom. The van der Waals surface area contributed by atoms with Gasteiger partial charge in [-0.25, -0.2) is 15.0 Å². The van der Waals surface area contributed by atoms with E-state index in [9.17, 15) is 0 Å². The summed E-state index contributed by atoms with van der Waals surface area (Å²) >= 11 is 1.76. The third-order valence-electron chi connectivity index (χ3n) is 7.51. The largest absolute Gasteiger partial charge is 0.246 e. The highest BCUT2D eigenvalue weighted by molar-refractivity contribution is 7.26. The van der Waals surface area contributed by atoms with Crippen molar-refractivity contribution in [3.8, 4) is 45.0 Å². The van der Waals surface area contributed by atoms with Gasteiger partial charge in [-0.15, -0.1) is 11.3 Å². The van der Waals surface area contributed by atoms with Gasteiger partial charge in [-0.1, -0.05) is 121 Å². The van der Waals surface area contributed by atoms with Crippen LogP contribution in [-0.4, -0.2) is 15.0 Å². The summed E-state index contributed by atoms with van der Waals surface area (Å²) in [7, 11) is 0. The van der Waals surface area contributed by atoms with Crippen molar-refractivity contribution in [1.82, 2.24) is 15.0 Å². The second-order valence-corrected chi connectivity index (χ2v) is 11.1. The van der Waals surface area contributed by atoms with E-state index in [2.05, 4.69) is 121 Å². The lowest BCUT2D eigenvalue weighted by atomic mass is 10.0. The fourth-order valence-corrected chi connectivity index (χ4v) is 6.68. The molecule has 8 aromatic rings. The molecule has 0 saturated heterocycles. The highest BCUT2D eigenvalue weighted by atomic mass is 32.1. The summed E-state index contributed by atoms with van der Waals surface area (Å²) in [6.07, 6.45) is 0. The zero-order valence-electron chi connectivity index (χ0n) is 22.0. The summed E-state index contributed by atoms with van der Waals surface area (Å²) in [5, 5.41) is 2.22. The van der Waals surface area contributed by atoms with Gasteiger partial charge < -0.3 is 0 Å². The molecule has 0 saturated carbocycles. The fraction of sp³-hybridized carbons (Fsp3) is 0. The smallest absolute Gasteiger partial charge is 0.162 e. The van der Waals surface area contributed by atoms with Crippen molar-refractivity contribution in [3.63, 3.8) is 0 Å². The van der Waals surface area contributed by atoms with Gasteiger partial charge in [-0.05, 0) is 29.3 Å². The predicted molar refractivity (Wildman–Crippen MR) is 172 cm³/mol. The number of thiophene rings is 1. The van der Waals surface area contributed by atoms with Gasteiger partial charge in [0.2, 0.25) is 0 Å². The van der Waals surface area contributed by atoms with Crippen LogP contribution in [0.4, 0.5) is 0 Å². The Morgan fingerprint density at radius 2 is 0.976 bits per heavy atom. The van der Waals surface area contributed by atoms with Crippen LogP contribution in [0.1, 0.15) is 0 Å². The van der Waals surface area contributed by atoms with Crippen LogP contribution in [0.2, 0.25) is 0 Å². The van der Waals surface area contributed by atoms with E-state index in [-0.39, 0.29) is 0 Å². The van der Waals surface area contributed by atoms with Gasteiger partial charge in [0, 0.05) is 32.2 Å². The van der Waals surface area contributed by atoms with Gasteiger partial charge in [0.15, 0.2) is 5.82 Å². The van der Waals surface area contributed by atoms with Crippen LogP contribution in [0.5, 0.6) is 0 Å². The van der Waals surface area contributed by atoms with Crippen molar-refractivity contribution < 1.29 is 0 Å². The van der Waals surface area contributed by atoms with Crippen LogP contribution in [0.15, 0.2) is 140 Å². The first-order valence-corrected chi connectivity index (χ1v) is 14.4. The molecule has 5 aromatic carbocycles. The van der Waals surface area contributed by atoms with E-state index in [1.54, 1.807) is 11.3 Å². The van der Waals surface area contributed by atoms with E-state index >= 15 is 0 Å². The van der Waals surface area contributed by atoms with Crippen LogP contribution < -0.4 is 0 Å². The quantitative estimate of drug-likeness (QED) is 0.222. The Balaban J connectivity index is 1.39. The zero-order valence-corrected chi connectivity index (χ0v) is 22.8. The molecule has 8 rings (SSSR count). The normalized spacial score (nSPS) is 11.4. The Hall–Kier alpha value is -5.19. The third kappa shape index (κ3) is 4.17. The van der Waals surface area contributed by atoms with Crippen molar-refractivity contribution in [2.45, 2.75) is 0 Å². The first kappa shape index (κ1) is 23.7. The number of nitrogens with zero attached hydrogens (tertiary/aromatic N) is 3. The number of aromatic nitrogens is 3. The molecule has 41 heavy (non-hydrogen) atoms. The molecule has 0 atom stereocenters. The summed E-state index contributed by atoms with van der Waals surface area (Å²) in [6.45, 7) is 0. The van der Waals surface area contributed by atoms with Crippen LogP contribution in [0.3, 0.4) is 0 Å². The topological polar surface area (TPSA) is 38.7 Å². The number of rotatable bonds is 4. The monoisotopic (exact) mass is 541 g/mol. The van der Waals surface area contributed by atoms with Crippen molar-refractivity contribution in [2.24, 2.45) is 0 Å². The Labute approximate surface area is 241 Å². The van der Waals surface area contributed by atoms with Gasteiger partial charge in [0.1, 0.15) is 0 Å². The summed E-state index contributed by atoms with van der Waals surface area (Å²) < 4.78 is 2.32. The Bertz CT molecular complexity index is 2180. The van der Waals surface area contributed by atoms with Gasteiger partial charge in [0.05, 0.1) is 27.1 Å². The SMILES string of the molecule is c1ccc(-c2ccc(-c3cc(-c4ccccc4)nc(-c4c5ccccc5nc5c4sc4ccccc45)n3)cc2)cc1. The van der Waals surface area contributed by atoms with Crippen molar-refractivity contribution in [1.29, 1.82) is 0 Å². The van der Waals surface area contributed by atoms with E-state index in [0.717, 1.165) is 54.6 Å². The highest BCUT2D eigenvalue weighted by Gasteiger charge is 2.19. The van der Waals surface area contributed by atoms with Gasteiger partial charge >= 0.3 is 0 Å². The van der Waals surface area contributed by atoms with Gasteiger partial charge in [0.25, 0.3) is 0 Å². The summed E-state index contributed by atoms with van der Waals surface area (Å²) in [6, 6.07) is 48.3. The molecule has 0 aliphatic carbocycles. The molecule has 4 heteroatoms. The van der Waals surface area contributed by atoms with E-state index in [1.807, 2.05) is 18.2 Å². The molecule has 3 nitrogen and oxygen atoms in total. The zero-order chi connectivity index (χ0) is 27.2. The number of para-hydroxylation sites is 1. The van der Waals surface area contributed by atoms with Crippen LogP contribution >= 0.6 is 11.3 Å². The number of pyridine rings is 1. The molecule has 0 N–H and O–H groups in total. The van der Waals surface area contributed by atoms with E-state index in [4.69, 9.17) is 15.0 Å². The standard InChI is InChI=1S/C37H23N3S/c1-3-11-24(12-4-1)25-19-21-27(22-20-25)32-23-31(26-13-5-2-6-14-26)39-37(40-32)34-28-15-7-9-17-30(28)38-35-29-16-8-10-18-33(29)41-36(34)35/h1-23H. The molecule has 0 unspecified atom stereocenters. The minimum atomic E-state index is 0.712. The lowest BCUT2D eigenvalue weighted by Gasteiger charge is -2.12. The number of hydrogen-bond donors (Lipinski definition) is 0. The minimum Gasteiger partial charge on any atom is -0.246 e. The van der Waals surface area contributed by atoms with Crippen LogP contribution in [0.25, 0.3) is 76.2 Å². The molecule has 0 fully saturated rings. The summed E-state index contributed by atoms with van der Waals surface area (Å²) in [4.78, 5) is 15.5. The van der Waals surface area contributed by atoms with Crippen LogP contribution in [-0.2, 0) is 0 Å². The Kier molecular flexibility index (Phi) is 5.64. The molecule has 0 amide bonds. The maximum atomic E-state index is 5.24. The van der Waals surface area contributed by atoms with Gasteiger partial charge in [-0.2, -0.15) is 0 Å². The first-order chi connectivity index (χ1) is 20.3. The second kappa shape index (κ2) is 9.77.